The lowest BCUT2D eigenvalue weighted by atomic mass is 9.96. The van der Waals surface area contributed by atoms with Gasteiger partial charge in [-0.2, -0.15) is 4.31 Å². The molecule has 0 radical (unpaired) electrons. The molecule has 1 aliphatic rings. The molecule has 0 bridgehead atoms. The van der Waals surface area contributed by atoms with Crippen LogP contribution in [0.15, 0.2) is 59.5 Å². The summed E-state index contributed by atoms with van der Waals surface area (Å²) < 4.78 is 43.0. The number of hydrogen-bond acceptors (Lipinski definition) is 7. The Hall–Kier alpha value is -3.27. The van der Waals surface area contributed by atoms with Crippen molar-refractivity contribution >= 4 is 45.1 Å². The van der Waals surface area contributed by atoms with Crippen molar-refractivity contribution in [2.45, 2.75) is 31.3 Å². The van der Waals surface area contributed by atoms with Crippen molar-refractivity contribution in [3.05, 3.63) is 86.9 Å². The van der Waals surface area contributed by atoms with Crippen molar-refractivity contribution < 1.29 is 32.2 Å². The van der Waals surface area contributed by atoms with E-state index in [2.05, 4.69) is 0 Å². The highest BCUT2D eigenvalue weighted by molar-refractivity contribution is 7.90. The van der Waals surface area contributed by atoms with Crippen molar-refractivity contribution in [1.29, 1.82) is 0 Å². The first-order chi connectivity index (χ1) is 17.6. The van der Waals surface area contributed by atoms with Gasteiger partial charge in [0.15, 0.2) is 6.73 Å². The van der Waals surface area contributed by atoms with Crippen LogP contribution in [0.4, 0.5) is 0 Å². The molecule has 37 heavy (non-hydrogen) atoms. The second kappa shape index (κ2) is 10.6. The fourth-order valence-electron chi connectivity index (χ4n) is 3.85. The predicted octanol–water partition coefficient (Wildman–Crippen LogP) is 5.66. The van der Waals surface area contributed by atoms with Crippen LogP contribution in [0.2, 0.25) is 10.0 Å². The monoisotopic (exact) mass is 563 g/mol. The van der Waals surface area contributed by atoms with Gasteiger partial charge in [0.2, 0.25) is 0 Å². The number of carbonyl (C=O) groups is 2. The van der Waals surface area contributed by atoms with E-state index in [1.165, 1.54) is 25.3 Å². The van der Waals surface area contributed by atoms with Crippen LogP contribution in [0, 0.1) is 0 Å². The molecule has 8 nitrogen and oxygen atoms in total. The molecule has 0 saturated carbocycles. The summed E-state index contributed by atoms with van der Waals surface area (Å²) in [5.41, 5.74) is 1.21. The van der Waals surface area contributed by atoms with Crippen molar-refractivity contribution in [2.75, 3.05) is 13.8 Å². The molecule has 1 heterocycles. The van der Waals surface area contributed by atoms with E-state index < -0.39 is 28.6 Å². The number of esters is 1. The summed E-state index contributed by atoms with van der Waals surface area (Å²) in [6, 6.07) is 15.1. The maximum atomic E-state index is 13.2. The molecule has 3 aromatic carbocycles. The van der Waals surface area contributed by atoms with E-state index in [0.29, 0.717) is 15.6 Å². The number of hydrogen-bond donors (Lipinski definition) is 0. The topological polar surface area (TPSA) is 99.2 Å². The summed E-state index contributed by atoms with van der Waals surface area (Å²) in [5, 5.41) is -0.119. The molecule has 1 aliphatic heterocycles. The Morgan fingerprint density at radius 3 is 2.41 bits per heavy atom. The number of methoxy groups -OCH3 is 1. The molecule has 0 aliphatic carbocycles. The van der Waals surface area contributed by atoms with Crippen molar-refractivity contribution in [1.82, 2.24) is 4.31 Å². The number of amides is 1. The highest BCUT2D eigenvalue weighted by atomic mass is 35.5. The molecule has 1 amide bonds. The average Bonchev–Trinajstić information content (AvgIpc) is 3.06. The van der Waals surface area contributed by atoms with Crippen LogP contribution in [-0.2, 0) is 21.4 Å². The third-order valence-electron chi connectivity index (χ3n) is 5.78. The zero-order valence-electron chi connectivity index (χ0n) is 20.2. The minimum atomic E-state index is -4.29. The molecule has 4 rings (SSSR count). The van der Waals surface area contributed by atoms with Gasteiger partial charge in [-0.1, -0.05) is 67.4 Å². The molecule has 0 aromatic heterocycles. The van der Waals surface area contributed by atoms with Crippen LogP contribution in [0.25, 0.3) is 0 Å². The van der Waals surface area contributed by atoms with Crippen molar-refractivity contribution in [3.8, 4) is 11.5 Å². The normalized spacial score (nSPS) is 14.0. The van der Waals surface area contributed by atoms with Gasteiger partial charge in [0.05, 0.1) is 22.7 Å². The lowest BCUT2D eigenvalue weighted by Gasteiger charge is -2.17. The third kappa shape index (κ3) is 5.12. The zero-order chi connectivity index (χ0) is 26.9. The predicted molar refractivity (Wildman–Crippen MR) is 138 cm³/mol. The summed E-state index contributed by atoms with van der Waals surface area (Å²) in [7, 11) is -2.89. The number of carbonyl (C=O) groups excluding carboxylic acids is 2. The molecule has 3 aromatic rings. The zero-order valence-corrected chi connectivity index (χ0v) is 22.5. The molecule has 0 fully saturated rings. The number of nitrogens with zero attached hydrogens (tertiary/aromatic N) is 1. The van der Waals surface area contributed by atoms with Gasteiger partial charge >= 0.3 is 5.97 Å². The summed E-state index contributed by atoms with van der Waals surface area (Å²) in [6.07, 6.45) is 0. The first kappa shape index (κ1) is 26.8. The number of halogens is 2. The van der Waals surface area contributed by atoms with E-state index >= 15 is 0 Å². The summed E-state index contributed by atoms with van der Waals surface area (Å²) >= 11 is 12.6. The summed E-state index contributed by atoms with van der Waals surface area (Å²) in [4.78, 5) is 25.9. The Morgan fingerprint density at radius 1 is 1.05 bits per heavy atom. The molecule has 11 heteroatoms. The fraction of sp³-hybridized carbons (Fsp3) is 0.231. The maximum absolute atomic E-state index is 13.2. The lowest BCUT2D eigenvalue weighted by Crippen LogP contribution is -2.33. The second-order valence-electron chi connectivity index (χ2n) is 8.47. The van der Waals surface area contributed by atoms with E-state index in [9.17, 15) is 18.0 Å². The SMILES string of the molecule is COc1cc(C(C)C)c2c(c1)S(=O)(=O)N(COC(=O)c1c(Cl)ccc(OCc3ccccc3)c1Cl)C2=O. The molecule has 0 unspecified atom stereocenters. The van der Waals surface area contributed by atoms with Crippen LogP contribution in [0.3, 0.4) is 0 Å². The van der Waals surface area contributed by atoms with Crippen molar-refractivity contribution in [3.63, 3.8) is 0 Å². The van der Waals surface area contributed by atoms with Crippen LogP contribution in [0.1, 0.15) is 51.6 Å². The van der Waals surface area contributed by atoms with Crippen molar-refractivity contribution in [2.24, 2.45) is 0 Å². The van der Waals surface area contributed by atoms with E-state index in [1.54, 1.807) is 6.07 Å². The van der Waals surface area contributed by atoms with Gasteiger partial charge in [-0.15, -0.1) is 0 Å². The Morgan fingerprint density at radius 2 is 1.76 bits per heavy atom. The van der Waals surface area contributed by atoms with Crippen LogP contribution >= 0.6 is 23.2 Å². The Kier molecular flexibility index (Phi) is 7.68. The van der Waals surface area contributed by atoms with E-state index in [4.69, 9.17) is 37.4 Å². The largest absolute Gasteiger partial charge is 0.497 e. The lowest BCUT2D eigenvalue weighted by molar-refractivity contribution is 0.0357. The van der Waals surface area contributed by atoms with E-state index in [1.807, 2.05) is 44.2 Å². The highest BCUT2D eigenvalue weighted by Gasteiger charge is 2.44. The Labute approximate surface area is 224 Å². The maximum Gasteiger partial charge on any atom is 0.343 e. The van der Waals surface area contributed by atoms with Gasteiger partial charge in [0.1, 0.15) is 28.6 Å². The molecule has 0 saturated heterocycles. The minimum absolute atomic E-state index is 0.0206. The van der Waals surface area contributed by atoms with Gasteiger partial charge in [0, 0.05) is 6.07 Å². The molecule has 0 spiro atoms. The standard InChI is InChI=1S/C26H23Cl2NO7S/c1-15(2)18-11-17(34-3)12-21-22(18)25(30)29(37(21,32)33)14-36-26(31)23-19(27)9-10-20(24(23)28)35-13-16-7-5-4-6-8-16/h4-12,15H,13-14H2,1-3H3. The van der Waals surface area contributed by atoms with Gasteiger partial charge in [-0.25, -0.2) is 13.2 Å². The first-order valence-electron chi connectivity index (χ1n) is 11.2. The number of ether oxygens (including phenoxy) is 3. The fourth-order valence-corrected chi connectivity index (χ4v) is 5.90. The average molecular weight is 564 g/mol. The van der Waals surface area contributed by atoms with Crippen LogP contribution in [-0.4, -0.2) is 38.4 Å². The highest BCUT2D eigenvalue weighted by Crippen LogP contribution is 2.39. The molecule has 194 valence electrons. The van der Waals surface area contributed by atoms with Gasteiger partial charge < -0.3 is 14.2 Å². The summed E-state index contributed by atoms with van der Waals surface area (Å²) in [6.45, 7) is 2.98. The Balaban J connectivity index is 1.56. The van der Waals surface area contributed by atoms with Gasteiger partial charge in [-0.3, -0.25) is 4.79 Å². The molecule has 0 N–H and O–H groups in total. The van der Waals surface area contributed by atoms with Gasteiger partial charge in [-0.05, 0) is 35.2 Å². The Bertz CT molecular complexity index is 1470. The second-order valence-corrected chi connectivity index (χ2v) is 11.1. The molecular formula is C26H23Cl2NO7S. The van der Waals surface area contributed by atoms with Crippen LogP contribution in [0.5, 0.6) is 11.5 Å². The van der Waals surface area contributed by atoms with E-state index in [-0.39, 0.29) is 44.3 Å². The summed E-state index contributed by atoms with van der Waals surface area (Å²) in [5.74, 6) is -1.50. The molecule has 0 atom stereocenters. The number of benzene rings is 3. The number of fused-ring (bicyclic) bond motifs is 1. The third-order valence-corrected chi connectivity index (χ3v) is 8.20. The van der Waals surface area contributed by atoms with Crippen LogP contribution < -0.4 is 9.47 Å². The molecular weight excluding hydrogens is 541 g/mol. The van der Waals surface area contributed by atoms with Gasteiger partial charge in [0.25, 0.3) is 15.9 Å². The first-order valence-corrected chi connectivity index (χ1v) is 13.4. The van der Waals surface area contributed by atoms with E-state index in [0.717, 1.165) is 5.56 Å². The minimum Gasteiger partial charge on any atom is -0.497 e. The number of sulfonamides is 1. The number of rotatable bonds is 8. The quantitative estimate of drug-likeness (QED) is 0.326. The smallest absolute Gasteiger partial charge is 0.343 e.